The third-order valence-corrected chi connectivity index (χ3v) is 9.38. The molecule has 9 heteroatoms. The lowest BCUT2D eigenvalue weighted by molar-refractivity contribution is 0.124. The maximum Gasteiger partial charge on any atom is 0.407 e. The van der Waals surface area contributed by atoms with Crippen molar-refractivity contribution in [1.82, 2.24) is 10.2 Å². The van der Waals surface area contributed by atoms with Gasteiger partial charge in [0.05, 0.1) is 16.6 Å². The van der Waals surface area contributed by atoms with Gasteiger partial charge in [0.2, 0.25) is 0 Å². The maximum absolute atomic E-state index is 13.7. The van der Waals surface area contributed by atoms with E-state index in [9.17, 15) is 13.2 Å². The molecule has 0 radical (unpaired) electrons. The minimum Gasteiger partial charge on any atom is -0.447 e. The molecule has 0 bridgehead atoms. The molecular formula is C29H32ClN3O4S. The van der Waals surface area contributed by atoms with Crippen LogP contribution in [0.25, 0.3) is 0 Å². The van der Waals surface area contributed by atoms with Gasteiger partial charge in [-0.15, -0.1) is 0 Å². The van der Waals surface area contributed by atoms with Gasteiger partial charge in [0.25, 0.3) is 10.0 Å². The summed E-state index contributed by atoms with van der Waals surface area (Å²) >= 11 is 5.99. The van der Waals surface area contributed by atoms with Crippen molar-refractivity contribution in [3.05, 3.63) is 95.0 Å². The number of hydrogen-bond acceptors (Lipinski definition) is 5. The standard InChI is InChI=1S/C29H32ClN3O4S/c30-24-11-14-27(15-12-24)38(35,36)33-26(13-10-23-8-4-5-9-28(23)33)21-37-29(34)31-25-16-18-32(19-17-25)20-22-6-2-1-3-7-22/h1-9,11-12,14-15,25-26H,10,13,16-21H2,(H,31,34). The number of aryl methyl sites for hydroxylation is 1. The third-order valence-electron chi connectivity index (χ3n) is 7.24. The fourth-order valence-electron chi connectivity index (χ4n) is 5.23. The van der Waals surface area contributed by atoms with Crippen molar-refractivity contribution >= 4 is 33.4 Å². The molecule has 1 unspecified atom stereocenters. The lowest BCUT2D eigenvalue weighted by Gasteiger charge is -2.37. The number of alkyl carbamates (subject to hydrolysis) is 1. The normalized spacial score (nSPS) is 18.6. The van der Waals surface area contributed by atoms with E-state index in [4.69, 9.17) is 16.3 Å². The molecule has 0 aliphatic carbocycles. The van der Waals surface area contributed by atoms with E-state index in [1.54, 1.807) is 18.2 Å². The zero-order valence-electron chi connectivity index (χ0n) is 21.1. The first-order chi connectivity index (χ1) is 18.4. The van der Waals surface area contributed by atoms with Crippen LogP contribution in [0.2, 0.25) is 5.02 Å². The molecule has 3 aromatic rings. The van der Waals surface area contributed by atoms with Crippen molar-refractivity contribution in [2.24, 2.45) is 0 Å². The molecule has 0 aromatic heterocycles. The Hall–Kier alpha value is -3.07. The number of carbonyl (C=O) groups excluding carboxylic acids is 1. The van der Waals surface area contributed by atoms with Gasteiger partial charge in [0.1, 0.15) is 6.61 Å². The maximum atomic E-state index is 13.7. The molecule has 1 atom stereocenters. The topological polar surface area (TPSA) is 79.0 Å². The second-order valence-corrected chi connectivity index (χ2v) is 12.1. The van der Waals surface area contributed by atoms with Crippen molar-refractivity contribution in [3.8, 4) is 0 Å². The largest absolute Gasteiger partial charge is 0.447 e. The minimum absolute atomic E-state index is 0.0279. The van der Waals surface area contributed by atoms with Gasteiger partial charge in [0, 0.05) is 30.7 Å². The zero-order valence-corrected chi connectivity index (χ0v) is 22.7. The number of para-hydroxylation sites is 1. The lowest BCUT2D eigenvalue weighted by Crippen LogP contribution is -2.48. The molecule has 38 heavy (non-hydrogen) atoms. The number of anilines is 1. The van der Waals surface area contributed by atoms with Crippen molar-refractivity contribution < 1.29 is 17.9 Å². The van der Waals surface area contributed by atoms with Crippen LogP contribution in [0.15, 0.2) is 83.8 Å². The monoisotopic (exact) mass is 553 g/mol. The van der Waals surface area contributed by atoms with Gasteiger partial charge in [-0.3, -0.25) is 9.21 Å². The van der Waals surface area contributed by atoms with Gasteiger partial charge in [0.15, 0.2) is 0 Å². The number of benzene rings is 3. The summed E-state index contributed by atoms with van der Waals surface area (Å²) in [5.74, 6) is 0. The van der Waals surface area contributed by atoms with Crippen LogP contribution in [0.1, 0.15) is 30.4 Å². The smallest absolute Gasteiger partial charge is 0.407 e. The van der Waals surface area contributed by atoms with Crippen LogP contribution in [-0.4, -0.2) is 51.2 Å². The van der Waals surface area contributed by atoms with Gasteiger partial charge in [-0.2, -0.15) is 0 Å². The van der Waals surface area contributed by atoms with Crippen molar-refractivity contribution in [2.45, 2.75) is 49.2 Å². The second-order valence-electron chi connectivity index (χ2n) is 9.85. The van der Waals surface area contributed by atoms with Crippen LogP contribution >= 0.6 is 11.6 Å². The van der Waals surface area contributed by atoms with E-state index in [0.29, 0.717) is 23.6 Å². The Bertz CT molecular complexity index is 1340. The van der Waals surface area contributed by atoms with Crippen LogP contribution in [0.4, 0.5) is 10.5 Å². The first-order valence-corrected chi connectivity index (χ1v) is 14.8. The quantitative estimate of drug-likeness (QED) is 0.433. The Labute approximate surface area is 229 Å². The fourth-order valence-corrected chi connectivity index (χ4v) is 7.06. The van der Waals surface area contributed by atoms with Crippen molar-refractivity contribution in [1.29, 1.82) is 0 Å². The number of hydrogen-bond donors (Lipinski definition) is 1. The highest BCUT2D eigenvalue weighted by atomic mass is 35.5. The number of ether oxygens (including phenoxy) is 1. The Kier molecular flexibility index (Phi) is 8.21. The van der Waals surface area contributed by atoms with E-state index < -0.39 is 22.2 Å². The first kappa shape index (κ1) is 26.5. The average Bonchev–Trinajstić information content (AvgIpc) is 2.93. The SMILES string of the molecule is O=C(NC1CCN(Cc2ccccc2)CC1)OCC1CCc2ccccc2N1S(=O)(=O)c1ccc(Cl)cc1. The van der Waals surface area contributed by atoms with Gasteiger partial charge in [-0.25, -0.2) is 13.2 Å². The van der Waals surface area contributed by atoms with E-state index >= 15 is 0 Å². The number of piperidine rings is 1. The Morgan fingerprint density at radius 2 is 1.61 bits per heavy atom. The lowest BCUT2D eigenvalue weighted by atomic mass is 9.98. The highest BCUT2D eigenvalue weighted by Crippen LogP contribution is 2.35. The second kappa shape index (κ2) is 11.8. The van der Waals surface area contributed by atoms with E-state index in [0.717, 1.165) is 38.0 Å². The number of amides is 1. The number of likely N-dealkylation sites (tertiary alicyclic amines) is 1. The Morgan fingerprint density at radius 1 is 0.921 bits per heavy atom. The molecular weight excluding hydrogens is 522 g/mol. The van der Waals surface area contributed by atoms with Gasteiger partial charge in [-0.1, -0.05) is 60.1 Å². The molecule has 5 rings (SSSR count). The Morgan fingerprint density at radius 3 is 2.34 bits per heavy atom. The minimum atomic E-state index is -3.89. The Balaban J connectivity index is 1.20. The summed E-state index contributed by atoms with van der Waals surface area (Å²) in [6, 6.07) is 23.5. The average molecular weight is 554 g/mol. The van der Waals surface area contributed by atoms with E-state index in [2.05, 4.69) is 22.3 Å². The van der Waals surface area contributed by atoms with Gasteiger partial charge >= 0.3 is 6.09 Å². The summed E-state index contributed by atoms with van der Waals surface area (Å²) in [4.78, 5) is 15.2. The summed E-state index contributed by atoms with van der Waals surface area (Å²) in [6.45, 7) is 2.66. The number of nitrogens with one attached hydrogen (secondary N) is 1. The van der Waals surface area contributed by atoms with Crippen LogP contribution in [0, 0.1) is 0 Å². The number of fused-ring (bicyclic) bond motifs is 1. The van der Waals surface area contributed by atoms with Crippen LogP contribution in [0.5, 0.6) is 0 Å². The molecule has 3 aromatic carbocycles. The number of sulfonamides is 1. The van der Waals surface area contributed by atoms with Crippen LogP contribution in [-0.2, 0) is 27.7 Å². The molecule has 0 spiro atoms. The van der Waals surface area contributed by atoms with Crippen molar-refractivity contribution in [2.75, 3.05) is 24.0 Å². The van der Waals surface area contributed by atoms with E-state index in [1.165, 1.54) is 22.0 Å². The van der Waals surface area contributed by atoms with Crippen LogP contribution < -0.4 is 9.62 Å². The predicted octanol–water partition coefficient (Wildman–Crippen LogP) is 5.24. The highest BCUT2D eigenvalue weighted by molar-refractivity contribution is 7.92. The molecule has 1 N–H and O–H groups in total. The molecule has 2 heterocycles. The molecule has 1 saturated heterocycles. The number of halogens is 1. The van der Waals surface area contributed by atoms with E-state index in [1.807, 2.05) is 36.4 Å². The fraction of sp³-hybridized carbons (Fsp3) is 0.345. The number of nitrogens with zero attached hydrogens (tertiary/aromatic N) is 2. The molecule has 2 aliphatic heterocycles. The molecule has 1 amide bonds. The first-order valence-electron chi connectivity index (χ1n) is 13.0. The summed E-state index contributed by atoms with van der Waals surface area (Å²) < 4.78 is 34.5. The molecule has 7 nitrogen and oxygen atoms in total. The van der Waals surface area contributed by atoms with E-state index in [-0.39, 0.29) is 17.5 Å². The third kappa shape index (κ3) is 6.14. The number of rotatable bonds is 7. The summed E-state index contributed by atoms with van der Waals surface area (Å²) in [5.41, 5.74) is 2.85. The van der Waals surface area contributed by atoms with Gasteiger partial charge < -0.3 is 10.1 Å². The summed E-state index contributed by atoms with van der Waals surface area (Å²) in [5, 5.41) is 3.45. The molecule has 1 fully saturated rings. The van der Waals surface area contributed by atoms with Crippen molar-refractivity contribution in [3.63, 3.8) is 0 Å². The number of carbonyl (C=O) groups is 1. The highest BCUT2D eigenvalue weighted by Gasteiger charge is 2.37. The van der Waals surface area contributed by atoms with Gasteiger partial charge in [-0.05, 0) is 67.1 Å². The summed E-state index contributed by atoms with van der Waals surface area (Å²) in [7, 11) is -3.89. The predicted molar refractivity (Wildman–Crippen MR) is 149 cm³/mol. The zero-order chi connectivity index (χ0) is 26.5. The summed E-state index contributed by atoms with van der Waals surface area (Å²) in [6.07, 6.45) is 2.44. The molecule has 200 valence electrons. The van der Waals surface area contributed by atoms with Crippen LogP contribution in [0.3, 0.4) is 0 Å². The molecule has 2 aliphatic rings. The molecule has 0 saturated carbocycles.